The molecule has 6 nitrogen and oxygen atoms in total. The van der Waals surface area contributed by atoms with Gasteiger partial charge in [-0.15, -0.1) is 0 Å². The van der Waals surface area contributed by atoms with Gasteiger partial charge in [-0.3, -0.25) is 4.79 Å². The topological polar surface area (TPSA) is 81.8 Å². The molecule has 2 rings (SSSR count). The number of piperidine rings is 1. The van der Waals surface area contributed by atoms with E-state index in [0.29, 0.717) is 17.0 Å². The summed E-state index contributed by atoms with van der Waals surface area (Å²) in [5.41, 5.74) is 0.795. The summed E-state index contributed by atoms with van der Waals surface area (Å²) in [6.45, 7) is 7.93. The van der Waals surface area contributed by atoms with Gasteiger partial charge in [-0.25, -0.2) is 4.98 Å². The van der Waals surface area contributed by atoms with Crippen molar-refractivity contribution in [2.45, 2.75) is 51.7 Å². The quantitative estimate of drug-likeness (QED) is 0.656. The Morgan fingerprint density at radius 2 is 2.24 bits per heavy atom. The zero-order chi connectivity index (χ0) is 15.4. The number of imidazole rings is 1. The molecule has 4 N–H and O–H groups in total. The molecule has 1 aliphatic rings. The van der Waals surface area contributed by atoms with Gasteiger partial charge in [0.25, 0.3) is 5.91 Å². The predicted molar refractivity (Wildman–Crippen MR) is 83.8 cm³/mol. The van der Waals surface area contributed by atoms with E-state index < -0.39 is 0 Å². The summed E-state index contributed by atoms with van der Waals surface area (Å²) in [4.78, 5) is 19.4. The Morgan fingerprint density at radius 1 is 1.48 bits per heavy atom. The number of nitrogens with one attached hydrogen (secondary N) is 4. The molecule has 7 heteroatoms. The van der Waals surface area contributed by atoms with Crippen molar-refractivity contribution in [2.24, 2.45) is 0 Å². The Balaban J connectivity index is 2.02. The Labute approximate surface area is 130 Å². The van der Waals surface area contributed by atoms with Crippen molar-refractivity contribution in [3.63, 3.8) is 0 Å². The molecule has 0 radical (unpaired) electrons. The first-order chi connectivity index (χ1) is 10.0. The highest BCUT2D eigenvalue weighted by molar-refractivity contribution is 6.30. The second-order valence-electron chi connectivity index (χ2n) is 5.71. The third kappa shape index (κ3) is 4.18. The minimum atomic E-state index is -0.195. The molecule has 1 fully saturated rings. The maximum Gasteiger partial charge on any atom is 0.287 e. The van der Waals surface area contributed by atoms with Gasteiger partial charge in [0.1, 0.15) is 0 Å². The van der Waals surface area contributed by atoms with Crippen LogP contribution in [-0.4, -0.2) is 47.1 Å². The van der Waals surface area contributed by atoms with Crippen LogP contribution in [0.4, 0.5) is 0 Å². The van der Waals surface area contributed by atoms with Crippen molar-refractivity contribution < 1.29 is 4.79 Å². The van der Waals surface area contributed by atoms with Crippen LogP contribution in [0.3, 0.4) is 0 Å². The number of carbonyl (C=O) groups excluding carboxylic acids is 1. The van der Waals surface area contributed by atoms with Gasteiger partial charge in [-0.1, -0.05) is 32.4 Å². The number of aromatic nitrogens is 2. The first-order valence-corrected chi connectivity index (χ1v) is 7.91. The Kier molecular flexibility index (Phi) is 5.61. The second-order valence-corrected chi connectivity index (χ2v) is 6.07. The first kappa shape index (κ1) is 16.3. The number of nitrogens with zero attached hydrogens (tertiary/aromatic N) is 1. The van der Waals surface area contributed by atoms with Crippen LogP contribution in [0.2, 0.25) is 5.15 Å². The van der Waals surface area contributed by atoms with Gasteiger partial charge in [-0.05, 0) is 19.4 Å². The number of H-pyrrole nitrogens is 1. The van der Waals surface area contributed by atoms with E-state index in [-0.39, 0.29) is 18.0 Å². The molecule has 0 spiro atoms. The lowest BCUT2D eigenvalue weighted by Crippen LogP contribution is -2.59. The Bertz CT molecular complexity index is 488. The minimum Gasteiger partial charge on any atom is -0.345 e. The summed E-state index contributed by atoms with van der Waals surface area (Å²) in [6, 6.07) is 0.688. The lowest BCUT2D eigenvalue weighted by Gasteiger charge is -2.34. The Hall–Kier alpha value is -1.11. The number of aryl methyl sites for hydroxylation is 1. The van der Waals surface area contributed by atoms with Gasteiger partial charge in [-0.2, -0.15) is 0 Å². The van der Waals surface area contributed by atoms with Crippen molar-refractivity contribution in [1.29, 1.82) is 0 Å². The standard InChI is InChI=1S/C14H24ClN5O/c1-4-9-12(15)20-13(18-9)14(21)19-10-5-6-16-7-11(10)17-8(2)3/h8,10-11,16-17H,4-7H2,1-3H3,(H,18,20)(H,19,21). The van der Waals surface area contributed by atoms with Gasteiger partial charge in [0, 0.05) is 24.7 Å². The molecule has 2 heterocycles. The normalized spacial score (nSPS) is 22.5. The molecule has 0 saturated carbocycles. The van der Waals surface area contributed by atoms with Gasteiger partial charge in [0.2, 0.25) is 0 Å². The maximum atomic E-state index is 12.3. The third-order valence-electron chi connectivity index (χ3n) is 3.64. The van der Waals surface area contributed by atoms with Crippen LogP contribution in [0.25, 0.3) is 0 Å². The van der Waals surface area contributed by atoms with Crippen LogP contribution >= 0.6 is 11.6 Å². The van der Waals surface area contributed by atoms with E-state index in [1.165, 1.54) is 0 Å². The SMILES string of the molecule is CCc1[nH]c(C(=O)NC2CCNCC2NC(C)C)nc1Cl. The van der Waals surface area contributed by atoms with Crippen molar-refractivity contribution in [1.82, 2.24) is 25.9 Å². The lowest BCUT2D eigenvalue weighted by molar-refractivity contribution is 0.0907. The van der Waals surface area contributed by atoms with Crippen LogP contribution in [0.5, 0.6) is 0 Å². The van der Waals surface area contributed by atoms with Crippen molar-refractivity contribution in [2.75, 3.05) is 13.1 Å². The molecular weight excluding hydrogens is 290 g/mol. The van der Waals surface area contributed by atoms with Crippen LogP contribution in [0.15, 0.2) is 0 Å². The van der Waals surface area contributed by atoms with E-state index >= 15 is 0 Å². The molecule has 21 heavy (non-hydrogen) atoms. The van der Waals surface area contributed by atoms with Gasteiger partial charge in [0.15, 0.2) is 11.0 Å². The molecule has 1 aromatic heterocycles. The highest BCUT2D eigenvalue weighted by Crippen LogP contribution is 2.13. The minimum absolute atomic E-state index is 0.0927. The summed E-state index contributed by atoms with van der Waals surface area (Å²) >= 11 is 5.98. The Morgan fingerprint density at radius 3 is 2.86 bits per heavy atom. The fourth-order valence-electron chi connectivity index (χ4n) is 2.60. The second kappa shape index (κ2) is 7.24. The summed E-state index contributed by atoms with van der Waals surface area (Å²) < 4.78 is 0. The van der Waals surface area contributed by atoms with Crippen molar-refractivity contribution >= 4 is 17.5 Å². The fraction of sp³-hybridized carbons (Fsp3) is 0.714. The summed E-state index contributed by atoms with van der Waals surface area (Å²) in [5, 5.41) is 10.3. The summed E-state index contributed by atoms with van der Waals surface area (Å²) in [6.07, 6.45) is 1.62. The monoisotopic (exact) mass is 313 g/mol. The number of halogens is 1. The molecule has 1 aromatic rings. The third-order valence-corrected chi connectivity index (χ3v) is 3.96. The molecular formula is C14H24ClN5O. The molecule has 2 unspecified atom stereocenters. The lowest BCUT2D eigenvalue weighted by atomic mass is 10.00. The van der Waals surface area contributed by atoms with Crippen molar-refractivity contribution in [3.05, 3.63) is 16.7 Å². The van der Waals surface area contributed by atoms with Gasteiger partial charge >= 0.3 is 0 Å². The number of hydrogen-bond donors (Lipinski definition) is 4. The predicted octanol–water partition coefficient (Wildman–Crippen LogP) is 1.08. The van der Waals surface area contributed by atoms with Crippen molar-refractivity contribution in [3.8, 4) is 0 Å². The van der Waals surface area contributed by atoms with Crippen LogP contribution in [-0.2, 0) is 6.42 Å². The summed E-state index contributed by atoms with van der Waals surface area (Å²) in [7, 11) is 0. The smallest absolute Gasteiger partial charge is 0.287 e. The molecule has 1 amide bonds. The number of amides is 1. The average Bonchev–Trinajstić information content (AvgIpc) is 2.81. The van der Waals surface area contributed by atoms with Crippen LogP contribution in [0.1, 0.15) is 43.5 Å². The molecule has 118 valence electrons. The van der Waals surface area contributed by atoms with E-state index in [2.05, 4.69) is 39.8 Å². The molecule has 0 aromatic carbocycles. The maximum absolute atomic E-state index is 12.3. The highest BCUT2D eigenvalue weighted by atomic mass is 35.5. The number of rotatable bonds is 5. The van der Waals surface area contributed by atoms with Gasteiger partial charge < -0.3 is 20.9 Å². The highest BCUT2D eigenvalue weighted by Gasteiger charge is 2.27. The molecule has 1 saturated heterocycles. The zero-order valence-electron chi connectivity index (χ0n) is 12.8. The van der Waals surface area contributed by atoms with E-state index in [0.717, 1.165) is 31.6 Å². The number of carbonyl (C=O) groups is 1. The van der Waals surface area contributed by atoms with E-state index in [1.54, 1.807) is 0 Å². The average molecular weight is 314 g/mol. The molecule has 1 aliphatic heterocycles. The van der Waals surface area contributed by atoms with E-state index in [4.69, 9.17) is 11.6 Å². The first-order valence-electron chi connectivity index (χ1n) is 7.53. The largest absolute Gasteiger partial charge is 0.345 e. The van der Waals surface area contributed by atoms with Gasteiger partial charge in [0.05, 0.1) is 5.69 Å². The fourth-order valence-corrected chi connectivity index (χ4v) is 2.87. The van der Waals surface area contributed by atoms with E-state index in [9.17, 15) is 4.79 Å². The van der Waals surface area contributed by atoms with E-state index in [1.807, 2.05) is 6.92 Å². The number of aromatic amines is 1. The molecule has 2 atom stereocenters. The molecule has 0 bridgehead atoms. The van der Waals surface area contributed by atoms with Crippen LogP contribution in [0, 0.1) is 0 Å². The molecule has 0 aliphatic carbocycles. The zero-order valence-corrected chi connectivity index (χ0v) is 13.5. The number of hydrogen-bond acceptors (Lipinski definition) is 4. The van der Waals surface area contributed by atoms with Crippen LogP contribution < -0.4 is 16.0 Å². The summed E-state index contributed by atoms with van der Waals surface area (Å²) in [5.74, 6) is 0.0951.